The van der Waals surface area contributed by atoms with Gasteiger partial charge in [-0.15, -0.1) is 6.58 Å². The molecule has 0 saturated heterocycles. The molecule has 0 aromatic heterocycles. The van der Waals surface area contributed by atoms with E-state index in [-0.39, 0.29) is 0 Å². The molecular weight excluding hydrogens is 206 g/mol. The fourth-order valence-electron chi connectivity index (χ4n) is 1.42. The summed E-state index contributed by atoms with van der Waals surface area (Å²) in [7, 11) is 0. The molecule has 15 heavy (non-hydrogen) atoms. The third-order valence-electron chi connectivity index (χ3n) is 2.27. The van der Waals surface area contributed by atoms with Crippen molar-refractivity contribution in [3.63, 3.8) is 0 Å². The van der Waals surface area contributed by atoms with E-state index in [1.54, 1.807) is 0 Å². The van der Waals surface area contributed by atoms with Crippen LogP contribution < -0.4 is 5.32 Å². The highest BCUT2D eigenvalue weighted by molar-refractivity contribution is 6.33. The van der Waals surface area contributed by atoms with Crippen LogP contribution in [0.2, 0.25) is 5.02 Å². The molecule has 0 heterocycles. The van der Waals surface area contributed by atoms with Gasteiger partial charge in [-0.3, -0.25) is 0 Å². The molecule has 2 heteroatoms. The first-order valence-corrected chi connectivity index (χ1v) is 5.81. The largest absolute Gasteiger partial charge is 0.384 e. The Labute approximate surface area is 97.1 Å². The van der Waals surface area contributed by atoms with Gasteiger partial charge in [-0.1, -0.05) is 36.2 Å². The van der Waals surface area contributed by atoms with Crippen molar-refractivity contribution in [3.05, 3.63) is 41.9 Å². The van der Waals surface area contributed by atoms with E-state index in [1.807, 2.05) is 30.3 Å². The van der Waals surface area contributed by atoms with Crippen molar-refractivity contribution in [1.29, 1.82) is 0 Å². The van der Waals surface area contributed by atoms with E-state index in [2.05, 4.69) is 11.9 Å². The van der Waals surface area contributed by atoms with Gasteiger partial charge in [0.15, 0.2) is 0 Å². The van der Waals surface area contributed by atoms with Gasteiger partial charge in [0.2, 0.25) is 0 Å². The van der Waals surface area contributed by atoms with Gasteiger partial charge in [-0.2, -0.15) is 0 Å². The Morgan fingerprint density at radius 3 is 2.73 bits per heavy atom. The van der Waals surface area contributed by atoms with Crippen LogP contribution in [0, 0.1) is 0 Å². The van der Waals surface area contributed by atoms with E-state index in [4.69, 9.17) is 11.6 Å². The monoisotopic (exact) mass is 223 g/mol. The summed E-state index contributed by atoms with van der Waals surface area (Å²) in [5.41, 5.74) is 1.03. The summed E-state index contributed by atoms with van der Waals surface area (Å²) in [5, 5.41) is 4.13. The van der Waals surface area contributed by atoms with Crippen molar-refractivity contribution in [2.24, 2.45) is 0 Å². The number of nitrogens with one attached hydrogen (secondary N) is 1. The number of rotatable bonds is 7. The molecule has 1 rings (SSSR count). The quantitative estimate of drug-likeness (QED) is 0.530. The van der Waals surface area contributed by atoms with Crippen LogP contribution >= 0.6 is 11.6 Å². The molecule has 0 aliphatic carbocycles. The molecule has 0 radical (unpaired) electrons. The number of para-hydroxylation sites is 1. The Hall–Kier alpha value is -0.950. The summed E-state index contributed by atoms with van der Waals surface area (Å²) in [6.07, 6.45) is 6.74. The third kappa shape index (κ3) is 4.89. The van der Waals surface area contributed by atoms with Gasteiger partial charge in [0, 0.05) is 6.54 Å². The molecule has 0 fully saturated rings. The predicted octanol–water partition coefficient (Wildman–Crippen LogP) is 4.50. The number of unbranched alkanes of at least 4 members (excludes halogenated alkanes) is 3. The van der Waals surface area contributed by atoms with E-state index < -0.39 is 0 Å². The molecule has 1 aromatic carbocycles. The zero-order valence-corrected chi connectivity index (χ0v) is 9.76. The summed E-state index contributed by atoms with van der Waals surface area (Å²) in [6, 6.07) is 7.84. The summed E-state index contributed by atoms with van der Waals surface area (Å²) < 4.78 is 0. The lowest BCUT2D eigenvalue weighted by molar-refractivity contribution is 0.709. The fourth-order valence-corrected chi connectivity index (χ4v) is 1.62. The van der Waals surface area contributed by atoms with Crippen LogP contribution in [-0.4, -0.2) is 6.54 Å². The maximum atomic E-state index is 6.01. The average Bonchev–Trinajstić information content (AvgIpc) is 2.25. The lowest BCUT2D eigenvalue weighted by Crippen LogP contribution is -2.01. The van der Waals surface area contributed by atoms with E-state index in [1.165, 1.54) is 19.3 Å². The SMILES string of the molecule is C=CCCCCCNc1ccccc1Cl. The first-order valence-electron chi connectivity index (χ1n) is 5.44. The lowest BCUT2D eigenvalue weighted by atomic mass is 10.2. The van der Waals surface area contributed by atoms with Gasteiger partial charge in [0.1, 0.15) is 0 Å². The molecule has 0 amide bonds. The molecule has 1 aromatic rings. The Balaban J connectivity index is 2.15. The number of hydrogen-bond donors (Lipinski definition) is 1. The predicted molar refractivity (Wildman–Crippen MR) is 68.6 cm³/mol. The van der Waals surface area contributed by atoms with Crippen molar-refractivity contribution in [1.82, 2.24) is 0 Å². The zero-order chi connectivity index (χ0) is 10.9. The van der Waals surface area contributed by atoms with Crippen molar-refractivity contribution < 1.29 is 0 Å². The van der Waals surface area contributed by atoms with E-state index in [0.29, 0.717) is 0 Å². The smallest absolute Gasteiger partial charge is 0.0637 e. The van der Waals surface area contributed by atoms with Crippen LogP contribution in [0.5, 0.6) is 0 Å². The molecule has 0 spiro atoms. The molecular formula is C13H18ClN. The Bertz CT molecular complexity index is 296. The van der Waals surface area contributed by atoms with Crippen LogP contribution in [0.4, 0.5) is 5.69 Å². The van der Waals surface area contributed by atoms with Gasteiger partial charge in [-0.05, 0) is 31.4 Å². The van der Waals surface area contributed by atoms with Crippen molar-refractivity contribution in [2.75, 3.05) is 11.9 Å². The first kappa shape index (κ1) is 12.1. The number of anilines is 1. The Kier molecular flexibility index (Phi) is 5.94. The summed E-state index contributed by atoms with van der Waals surface area (Å²) in [6.45, 7) is 4.69. The lowest BCUT2D eigenvalue weighted by Gasteiger charge is -2.07. The number of allylic oxidation sites excluding steroid dienone is 1. The molecule has 1 nitrogen and oxygen atoms in total. The van der Waals surface area contributed by atoms with Gasteiger partial charge in [0.05, 0.1) is 10.7 Å². The second-order valence-corrected chi connectivity index (χ2v) is 3.95. The first-order chi connectivity index (χ1) is 7.34. The minimum absolute atomic E-state index is 0.795. The minimum Gasteiger partial charge on any atom is -0.384 e. The van der Waals surface area contributed by atoms with Crippen LogP contribution in [0.15, 0.2) is 36.9 Å². The van der Waals surface area contributed by atoms with Crippen molar-refractivity contribution in [3.8, 4) is 0 Å². The van der Waals surface area contributed by atoms with Gasteiger partial charge in [-0.25, -0.2) is 0 Å². The highest BCUT2D eigenvalue weighted by Crippen LogP contribution is 2.20. The highest BCUT2D eigenvalue weighted by Gasteiger charge is 1.96. The maximum absolute atomic E-state index is 6.01. The van der Waals surface area contributed by atoms with Crippen molar-refractivity contribution >= 4 is 17.3 Å². The molecule has 0 unspecified atom stereocenters. The molecule has 0 saturated carbocycles. The van der Waals surface area contributed by atoms with Crippen molar-refractivity contribution in [2.45, 2.75) is 25.7 Å². The number of hydrogen-bond acceptors (Lipinski definition) is 1. The van der Waals surface area contributed by atoms with E-state index in [9.17, 15) is 0 Å². The van der Waals surface area contributed by atoms with Gasteiger partial charge < -0.3 is 5.32 Å². The standard InChI is InChI=1S/C13H18ClN/c1-2-3-4-5-8-11-15-13-10-7-6-9-12(13)14/h2,6-7,9-10,15H,1,3-5,8,11H2. The molecule has 82 valence electrons. The molecule has 1 N–H and O–H groups in total. The Morgan fingerprint density at radius 1 is 1.20 bits per heavy atom. The van der Waals surface area contributed by atoms with E-state index in [0.717, 1.165) is 23.7 Å². The second kappa shape index (κ2) is 7.36. The van der Waals surface area contributed by atoms with Crippen LogP contribution in [0.3, 0.4) is 0 Å². The van der Waals surface area contributed by atoms with Crippen LogP contribution in [0.1, 0.15) is 25.7 Å². The van der Waals surface area contributed by atoms with E-state index >= 15 is 0 Å². The fraction of sp³-hybridized carbons (Fsp3) is 0.385. The molecule has 0 bridgehead atoms. The minimum atomic E-state index is 0.795. The van der Waals surface area contributed by atoms with Crippen LogP contribution in [-0.2, 0) is 0 Å². The second-order valence-electron chi connectivity index (χ2n) is 3.54. The summed E-state index contributed by atoms with van der Waals surface area (Å²) >= 11 is 6.01. The third-order valence-corrected chi connectivity index (χ3v) is 2.60. The number of benzene rings is 1. The molecule has 0 aliphatic rings. The normalized spacial score (nSPS) is 9.93. The topological polar surface area (TPSA) is 12.0 Å². The summed E-state index contributed by atoms with van der Waals surface area (Å²) in [5.74, 6) is 0. The summed E-state index contributed by atoms with van der Waals surface area (Å²) in [4.78, 5) is 0. The van der Waals surface area contributed by atoms with Gasteiger partial charge >= 0.3 is 0 Å². The van der Waals surface area contributed by atoms with Crippen LogP contribution in [0.25, 0.3) is 0 Å². The zero-order valence-electron chi connectivity index (χ0n) is 9.01. The highest BCUT2D eigenvalue weighted by atomic mass is 35.5. The van der Waals surface area contributed by atoms with Gasteiger partial charge in [0.25, 0.3) is 0 Å². The Morgan fingerprint density at radius 2 is 2.00 bits per heavy atom. The molecule has 0 aliphatic heterocycles. The average molecular weight is 224 g/mol. The molecule has 0 atom stereocenters. The maximum Gasteiger partial charge on any atom is 0.0637 e. The number of halogens is 1.